The molecule has 0 bridgehead atoms. The smallest absolute Gasteiger partial charge is 0.254 e. The van der Waals surface area contributed by atoms with E-state index in [2.05, 4.69) is 43.7 Å². The van der Waals surface area contributed by atoms with E-state index >= 15 is 0 Å². The highest BCUT2D eigenvalue weighted by molar-refractivity contribution is 7.07. The molecule has 1 unspecified atom stereocenters. The van der Waals surface area contributed by atoms with Gasteiger partial charge >= 0.3 is 0 Å². The van der Waals surface area contributed by atoms with Gasteiger partial charge in [-0.25, -0.2) is 0 Å². The normalized spacial score (nSPS) is 16.6. The van der Waals surface area contributed by atoms with Crippen molar-refractivity contribution in [1.82, 2.24) is 4.90 Å². The molecule has 0 saturated heterocycles. The van der Waals surface area contributed by atoms with Gasteiger partial charge in [-0.15, -0.1) is 0 Å². The van der Waals surface area contributed by atoms with Gasteiger partial charge in [-0.1, -0.05) is 6.07 Å². The number of carbonyl (C=O) groups excluding carboxylic acids is 1. The van der Waals surface area contributed by atoms with Crippen molar-refractivity contribution < 1.29 is 4.79 Å². The van der Waals surface area contributed by atoms with Gasteiger partial charge in [0, 0.05) is 24.2 Å². The third-order valence-electron chi connectivity index (χ3n) is 5.54. The molecule has 0 spiro atoms. The van der Waals surface area contributed by atoms with E-state index in [-0.39, 0.29) is 11.4 Å². The Kier molecular flexibility index (Phi) is 5.30. The number of rotatable bonds is 6. The van der Waals surface area contributed by atoms with E-state index in [4.69, 9.17) is 5.73 Å². The molecule has 0 aliphatic carbocycles. The van der Waals surface area contributed by atoms with Gasteiger partial charge in [0.2, 0.25) is 0 Å². The van der Waals surface area contributed by atoms with Crippen molar-refractivity contribution in [3.63, 3.8) is 0 Å². The topological polar surface area (TPSA) is 46.3 Å². The van der Waals surface area contributed by atoms with E-state index in [0.717, 1.165) is 44.3 Å². The lowest BCUT2D eigenvalue weighted by molar-refractivity contribution is 0.0726. The molecule has 2 aromatic rings. The lowest BCUT2D eigenvalue weighted by atomic mass is 9.89. The van der Waals surface area contributed by atoms with Gasteiger partial charge in [-0.2, -0.15) is 11.3 Å². The molecule has 0 fully saturated rings. The molecule has 2 heterocycles. The summed E-state index contributed by atoms with van der Waals surface area (Å²) in [5.74, 6) is 0.165. The number of aryl methyl sites for hydroxylation is 2. The maximum absolute atomic E-state index is 12.8. The second-order valence-corrected chi connectivity index (χ2v) is 8.39. The highest BCUT2D eigenvalue weighted by Gasteiger charge is 2.27. The minimum atomic E-state index is -0.244. The largest absolute Gasteiger partial charge is 0.338 e. The zero-order chi connectivity index (χ0) is 18.0. The molecule has 3 nitrogen and oxygen atoms in total. The van der Waals surface area contributed by atoms with Crippen molar-refractivity contribution in [3.8, 4) is 0 Å². The number of hydrogen-bond acceptors (Lipinski definition) is 3. The molecular formula is C21H28N2OS. The van der Waals surface area contributed by atoms with Crippen molar-refractivity contribution in [3.05, 3.63) is 56.8 Å². The molecule has 25 heavy (non-hydrogen) atoms. The van der Waals surface area contributed by atoms with Crippen LogP contribution in [0.4, 0.5) is 0 Å². The summed E-state index contributed by atoms with van der Waals surface area (Å²) in [5, 5.41) is 4.29. The zero-order valence-corrected chi connectivity index (χ0v) is 16.3. The lowest BCUT2D eigenvalue weighted by Crippen LogP contribution is -2.44. The summed E-state index contributed by atoms with van der Waals surface area (Å²) in [6.07, 6.45) is 3.74. The average Bonchev–Trinajstić information content (AvgIpc) is 3.10. The monoisotopic (exact) mass is 356 g/mol. The minimum absolute atomic E-state index is 0.165. The van der Waals surface area contributed by atoms with E-state index in [1.807, 2.05) is 11.0 Å². The molecule has 1 amide bonds. The fourth-order valence-corrected chi connectivity index (χ4v) is 4.21. The van der Waals surface area contributed by atoms with Crippen molar-refractivity contribution >= 4 is 17.2 Å². The number of fused-ring (bicyclic) bond motifs is 1. The second kappa shape index (κ2) is 7.30. The molecule has 3 rings (SSSR count). The summed E-state index contributed by atoms with van der Waals surface area (Å²) in [4.78, 5) is 14.8. The van der Waals surface area contributed by atoms with Crippen molar-refractivity contribution in [2.45, 2.75) is 52.0 Å². The van der Waals surface area contributed by atoms with Crippen molar-refractivity contribution in [2.75, 3.05) is 13.1 Å². The molecule has 0 saturated carbocycles. The van der Waals surface area contributed by atoms with E-state index in [0.29, 0.717) is 0 Å². The molecule has 0 radical (unpaired) electrons. The predicted molar refractivity (Wildman–Crippen MR) is 105 cm³/mol. The van der Waals surface area contributed by atoms with Gasteiger partial charge in [0.15, 0.2) is 0 Å². The summed E-state index contributed by atoms with van der Waals surface area (Å²) < 4.78 is 0. The van der Waals surface area contributed by atoms with E-state index in [9.17, 15) is 4.79 Å². The summed E-state index contributed by atoms with van der Waals surface area (Å²) >= 11 is 1.73. The van der Waals surface area contributed by atoms with Crippen LogP contribution in [0.2, 0.25) is 0 Å². The van der Waals surface area contributed by atoms with Crippen molar-refractivity contribution in [2.24, 2.45) is 5.73 Å². The Morgan fingerprint density at radius 1 is 1.24 bits per heavy atom. The third kappa shape index (κ3) is 4.13. The average molecular weight is 357 g/mol. The fraction of sp³-hybridized carbons (Fsp3) is 0.476. The maximum Gasteiger partial charge on any atom is 0.254 e. The molecule has 134 valence electrons. The Bertz CT molecular complexity index is 750. The Morgan fingerprint density at radius 2 is 2.04 bits per heavy atom. The van der Waals surface area contributed by atoms with Crippen LogP contribution >= 0.6 is 11.3 Å². The van der Waals surface area contributed by atoms with Crippen LogP contribution in [0, 0.1) is 13.8 Å². The Labute approximate surface area is 154 Å². The van der Waals surface area contributed by atoms with Gasteiger partial charge in [-0.3, -0.25) is 4.79 Å². The first-order valence-electron chi connectivity index (χ1n) is 9.06. The molecule has 1 aliphatic rings. The van der Waals surface area contributed by atoms with Crippen molar-refractivity contribution in [1.29, 1.82) is 0 Å². The van der Waals surface area contributed by atoms with Crippen LogP contribution in [0.25, 0.3) is 0 Å². The zero-order valence-electron chi connectivity index (χ0n) is 15.5. The number of amides is 1. The number of thiophene rings is 1. The highest BCUT2D eigenvalue weighted by Crippen LogP contribution is 2.26. The van der Waals surface area contributed by atoms with Crippen LogP contribution in [0.3, 0.4) is 0 Å². The van der Waals surface area contributed by atoms with E-state index < -0.39 is 0 Å². The lowest BCUT2D eigenvalue weighted by Gasteiger charge is -2.33. The molecule has 1 atom stereocenters. The Morgan fingerprint density at radius 3 is 2.76 bits per heavy atom. The van der Waals surface area contributed by atoms with Gasteiger partial charge in [0.05, 0.1) is 0 Å². The van der Waals surface area contributed by atoms with E-state index in [1.165, 1.54) is 22.3 Å². The SMILES string of the molecule is Cc1ccc2c(c1C)CCN(CCC(C)(N)CCc1ccsc1)C2=O. The van der Waals surface area contributed by atoms with Crippen LogP contribution in [0.1, 0.15) is 52.4 Å². The number of hydrogen-bond donors (Lipinski definition) is 1. The Hall–Kier alpha value is -1.65. The van der Waals surface area contributed by atoms with E-state index in [1.54, 1.807) is 11.3 Å². The number of nitrogens with two attached hydrogens (primary N) is 1. The Balaban J connectivity index is 1.60. The highest BCUT2D eigenvalue weighted by atomic mass is 32.1. The first-order chi connectivity index (χ1) is 11.9. The van der Waals surface area contributed by atoms with Gasteiger partial charge in [-0.05, 0) is 91.6 Å². The minimum Gasteiger partial charge on any atom is -0.338 e. The number of nitrogens with zero attached hydrogens (tertiary/aromatic N) is 1. The van der Waals surface area contributed by atoms with Crippen LogP contribution in [0.5, 0.6) is 0 Å². The molecule has 4 heteroatoms. The summed E-state index contributed by atoms with van der Waals surface area (Å²) in [5.41, 5.74) is 12.3. The fourth-order valence-electron chi connectivity index (χ4n) is 3.51. The number of carbonyl (C=O) groups is 1. The first-order valence-corrected chi connectivity index (χ1v) is 10.00. The number of benzene rings is 1. The molecule has 1 aliphatic heterocycles. The second-order valence-electron chi connectivity index (χ2n) is 7.61. The van der Waals surface area contributed by atoms with Gasteiger partial charge in [0.1, 0.15) is 0 Å². The molecule has 2 N–H and O–H groups in total. The van der Waals surface area contributed by atoms with Crippen LogP contribution in [-0.4, -0.2) is 29.4 Å². The maximum atomic E-state index is 12.8. The predicted octanol–water partition coefficient (Wildman–Crippen LogP) is 4.10. The molecule has 1 aromatic heterocycles. The van der Waals surface area contributed by atoms with Crippen LogP contribution < -0.4 is 5.73 Å². The molecule has 1 aromatic carbocycles. The van der Waals surface area contributed by atoms with Crippen LogP contribution in [-0.2, 0) is 12.8 Å². The quantitative estimate of drug-likeness (QED) is 0.847. The summed E-state index contributed by atoms with van der Waals surface area (Å²) in [6, 6.07) is 6.21. The van der Waals surface area contributed by atoms with Gasteiger partial charge in [0.25, 0.3) is 5.91 Å². The summed E-state index contributed by atoms with van der Waals surface area (Å²) in [6.45, 7) is 7.88. The third-order valence-corrected chi connectivity index (χ3v) is 6.27. The molecular weight excluding hydrogens is 328 g/mol. The first kappa shape index (κ1) is 18.2. The summed E-state index contributed by atoms with van der Waals surface area (Å²) in [7, 11) is 0. The van der Waals surface area contributed by atoms with Gasteiger partial charge < -0.3 is 10.6 Å². The standard InChI is InChI=1S/C21H28N2OS/c1-15-4-5-19-18(16(15)2)7-11-23(20(19)24)12-10-21(3,22)9-6-17-8-13-25-14-17/h4-5,8,13-14H,6-7,9-12,22H2,1-3H3. The van der Waals surface area contributed by atoms with Crippen LogP contribution in [0.15, 0.2) is 29.0 Å².